The van der Waals surface area contributed by atoms with Crippen LogP contribution < -0.4 is 10.6 Å². The van der Waals surface area contributed by atoms with Gasteiger partial charge >= 0.3 is 0 Å². The number of aromatic nitrogens is 1. The Morgan fingerprint density at radius 1 is 1.35 bits per heavy atom. The molecule has 1 amide bonds. The molecule has 0 spiro atoms. The molecule has 0 aliphatic rings. The molecule has 0 bridgehead atoms. The predicted molar refractivity (Wildman–Crippen MR) is 77.8 cm³/mol. The minimum Gasteiger partial charge on any atom is -0.465 e. The van der Waals surface area contributed by atoms with Crippen molar-refractivity contribution in [2.24, 2.45) is 0 Å². The summed E-state index contributed by atoms with van der Waals surface area (Å²) in [7, 11) is 1.79. The average Bonchev–Trinajstić information content (AvgIpc) is 2.89. The second-order valence-corrected chi connectivity index (χ2v) is 4.53. The third-order valence-electron chi connectivity index (χ3n) is 2.98. The van der Waals surface area contributed by atoms with Crippen molar-refractivity contribution in [2.45, 2.75) is 26.8 Å². The van der Waals surface area contributed by atoms with E-state index in [-0.39, 0.29) is 5.91 Å². The molecule has 0 saturated carbocycles. The van der Waals surface area contributed by atoms with Gasteiger partial charge < -0.3 is 15.1 Å². The van der Waals surface area contributed by atoms with Gasteiger partial charge in [-0.2, -0.15) is 0 Å². The van der Waals surface area contributed by atoms with Gasteiger partial charge in [-0.05, 0) is 37.6 Å². The Labute approximate surface area is 118 Å². The summed E-state index contributed by atoms with van der Waals surface area (Å²) in [5.41, 5.74) is 1.49. The van der Waals surface area contributed by atoms with Crippen molar-refractivity contribution in [2.75, 3.05) is 12.4 Å². The normalized spacial score (nSPS) is 10.3. The molecule has 20 heavy (non-hydrogen) atoms. The number of nitrogens with one attached hydrogen (secondary N) is 2. The van der Waals surface area contributed by atoms with Gasteiger partial charge in [0.05, 0.1) is 6.54 Å². The van der Waals surface area contributed by atoms with Crippen LogP contribution in [0.1, 0.15) is 34.5 Å². The molecule has 106 valence electrons. The summed E-state index contributed by atoms with van der Waals surface area (Å²) in [6.45, 7) is 4.27. The van der Waals surface area contributed by atoms with E-state index in [0.717, 1.165) is 23.6 Å². The molecule has 2 aromatic rings. The van der Waals surface area contributed by atoms with Crippen LogP contribution in [-0.4, -0.2) is 17.9 Å². The Bertz CT molecular complexity index is 583. The molecule has 0 aliphatic carbocycles. The van der Waals surface area contributed by atoms with Gasteiger partial charge in [0.1, 0.15) is 17.3 Å². The summed E-state index contributed by atoms with van der Waals surface area (Å²) in [4.78, 5) is 16.5. The van der Waals surface area contributed by atoms with Crippen LogP contribution in [0.4, 0.5) is 5.82 Å². The second-order valence-electron chi connectivity index (χ2n) is 4.53. The molecule has 0 saturated heterocycles. The minimum absolute atomic E-state index is 0.132. The lowest BCUT2D eigenvalue weighted by Crippen LogP contribution is -2.23. The summed E-state index contributed by atoms with van der Waals surface area (Å²) in [6.07, 6.45) is 0.785. The third-order valence-corrected chi connectivity index (χ3v) is 2.98. The lowest BCUT2D eigenvalue weighted by molar-refractivity contribution is 0.0947. The Morgan fingerprint density at radius 2 is 2.15 bits per heavy atom. The van der Waals surface area contributed by atoms with Crippen molar-refractivity contribution >= 4 is 11.7 Å². The van der Waals surface area contributed by atoms with Crippen LogP contribution in [0.3, 0.4) is 0 Å². The van der Waals surface area contributed by atoms with Crippen LogP contribution in [0.25, 0.3) is 0 Å². The predicted octanol–water partition coefficient (Wildman–Crippen LogP) is 2.52. The topological polar surface area (TPSA) is 67.2 Å². The second kappa shape index (κ2) is 6.23. The smallest absolute Gasteiger partial charge is 0.251 e. The zero-order valence-electron chi connectivity index (χ0n) is 12.0. The summed E-state index contributed by atoms with van der Waals surface area (Å²) in [5, 5.41) is 5.81. The van der Waals surface area contributed by atoms with Crippen LogP contribution in [-0.2, 0) is 13.0 Å². The highest BCUT2D eigenvalue weighted by Crippen LogP contribution is 2.11. The fourth-order valence-electron chi connectivity index (χ4n) is 1.88. The fraction of sp³-hybridized carbons (Fsp3) is 0.333. The molecule has 2 N–H and O–H groups in total. The van der Waals surface area contributed by atoms with Crippen LogP contribution in [0.15, 0.2) is 28.7 Å². The Kier molecular flexibility index (Phi) is 4.40. The molecule has 0 atom stereocenters. The monoisotopic (exact) mass is 273 g/mol. The summed E-state index contributed by atoms with van der Waals surface area (Å²) in [6, 6.07) is 7.28. The number of carbonyl (C=O) groups is 1. The van der Waals surface area contributed by atoms with E-state index < -0.39 is 0 Å². The number of pyridine rings is 1. The van der Waals surface area contributed by atoms with E-state index in [1.165, 1.54) is 0 Å². The highest BCUT2D eigenvalue weighted by molar-refractivity contribution is 5.94. The van der Waals surface area contributed by atoms with Gasteiger partial charge in [0.2, 0.25) is 0 Å². The van der Waals surface area contributed by atoms with E-state index in [2.05, 4.69) is 15.6 Å². The first kappa shape index (κ1) is 14.1. The van der Waals surface area contributed by atoms with Crippen molar-refractivity contribution in [1.82, 2.24) is 10.3 Å². The highest BCUT2D eigenvalue weighted by Gasteiger charge is 2.09. The van der Waals surface area contributed by atoms with E-state index in [4.69, 9.17) is 4.42 Å². The number of anilines is 1. The van der Waals surface area contributed by atoms with Crippen LogP contribution >= 0.6 is 0 Å². The van der Waals surface area contributed by atoms with Crippen molar-refractivity contribution in [1.29, 1.82) is 0 Å². The lowest BCUT2D eigenvalue weighted by atomic mass is 10.2. The van der Waals surface area contributed by atoms with Gasteiger partial charge in [0.15, 0.2) is 0 Å². The number of rotatable bonds is 5. The molecule has 2 aromatic heterocycles. The molecule has 2 rings (SSSR count). The molecule has 5 nitrogen and oxygen atoms in total. The highest BCUT2D eigenvalue weighted by atomic mass is 16.3. The number of furan rings is 1. The van der Waals surface area contributed by atoms with Gasteiger partial charge in [0.25, 0.3) is 5.91 Å². The summed E-state index contributed by atoms with van der Waals surface area (Å²) >= 11 is 0. The molecule has 0 aliphatic heterocycles. The van der Waals surface area contributed by atoms with Crippen molar-refractivity contribution in [3.8, 4) is 0 Å². The first-order valence-electron chi connectivity index (χ1n) is 6.64. The van der Waals surface area contributed by atoms with Crippen molar-refractivity contribution in [3.05, 3.63) is 47.0 Å². The lowest BCUT2D eigenvalue weighted by Gasteiger charge is -2.08. The minimum atomic E-state index is -0.132. The zero-order chi connectivity index (χ0) is 14.5. The maximum atomic E-state index is 12.2. The van der Waals surface area contributed by atoms with Crippen LogP contribution in [0.2, 0.25) is 0 Å². The quantitative estimate of drug-likeness (QED) is 0.878. The zero-order valence-corrected chi connectivity index (χ0v) is 12.0. The Balaban J connectivity index is 2.08. The first-order chi connectivity index (χ1) is 9.62. The van der Waals surface area contributed by atoms with E-state index in [1.807, 2.05) is 32.0 Å². The maximum Gasteiger partial charge on any atom is 0.251 e. The van der Waals surface area contributed by atoms with Gasteiger partial charge in [-0.3, -0.25) is 4.79 Å². The first-order valence-corrected chi connectivity index (χ1v) is 6.64. The Hall–Kier alpha value is -2.30. The molecular formula is C15H19N3O2. The number of nitrogens with zero attached hydrogens (tertiary/aromatic N) is 1. The van der Waals surface area contributed by atoms with E-state index in [1.54, 1.807) is 13.1 Å². The number of aryl methyl sites for hydroxylation is 2. The standard InChI is InChI=1S/C15H19N3O2/c1-4-12-7-11(8-14(16-3)18-12)15(19)17-9-13-6-5-10(2)20-13/h5-8H,4,9H2,1-3H3,(H,16,18)(H,17,19). The largest absolute Gasteiger partial charge is 0.465 e. The van der Waals surface area contributed by atoms with Crippen LogP contribution in [0, 0.1) is 6.92 Å². The van der Waals surface area contributed by atoms with E-state index in [0.29, 0.717) is 17.9 Å². The molecule has 0 unspecified atom stereocenters. The third kappa shape index (κ3) is 3.38. The Morgan fingerprint density at radius 3 is 2.75 bits per heavy atom. The summed E-state index contributed by atoms with van der Waals surface area (Å²) in [5.74, 6) is 2.15. The molecule has 0 fully saturated rings. The van der Waals surface area contributed by atoms with E-state index >= 15 is 0 Å². The number of amides is 1. The molecule has 0 radical (unpaired) electrons. The van der Waals surface area contributed by atoms with Gasteiger partial charge in [-0.15, -0.1) is 0 Å². The molecular weight excluding hydrogens is 254 g/mol. The van der Waals surface area contributed by atoms with Gasteiger partial charge in [-0.1, -0.05) is 6.92 Å². The molecule has 2 heterocycles. The van der Waals surface area contributed by atoms with Crippen LogP contribution in [0.5, 0.6) is 0 Å². The van der Waals surface area contributed by atoms with Crippen molar-refractivity contribution < 1.29 is 9.21 Å². The SMILES string of the molecule is CCc1cc(C(=O)NCc2ccc(C)o2)cc(NC)n1. The average molecular weight is 273 g/mol. The maximum absolute atomic E-state index is 12.2. The van der Waals surface area contributed by atoms with Crippen molar-refractivity contribution in [3.63, 3.8) is 0 Å². The van der Waals surface area contributed by atoms with Gasteiger partial charge in [-0.25, -0.2) is 4.98 Å². The molecule has 0 aromatic carbocycles. The summed E-state index contributed by atoms with van der Waals surface area (Å²) < 4.78 is 5.42. The van der Waals surface area contributed by atoms with E-state index in [9.17, 15) is 4.79 Å². The number of hydrogen-bond acceptors (Lipinski definition) is 4. The number of hydrogen-bond donors (Lipinski definition) is 2. The fourth-order valence-corrected chi connectivity index (χ4v) is 1.88. The molecule has 5 heteroatoms. The van der Waals surface area contributed by atoms with Gasteiger partial charge in [0, 0.05) is 18.3 Å². The number of carbonyl (C=O) groups excluding carboxylic acids is 1.